The number of hydrogen-bond donors (Lipinski definition) is 0. The van der Waals surface area contributed by atoms with Crippen LogP contribution in [0.2, 0.25) is 0 Å². The van der Waals surface area contributed by atoms with Crippen molar-refractivity contribution >= 4 is 77.4 Å². The monoisotopic (exact) mass is 717 g/mol. The maximum absolute atomic E-state index is 5.16. The number of para-hydroxylation sites is 2. The van der Waals surface area contributed by atoms with Crippen molar-refractivity contribution in [1.82, 2.24) is 24.1 Å². The molecule has 0 spiro atoms. The van der Waals surface area contributed by atoms with Gasteiger partial charge in [0.05, 0.1) is 0 Å². The predicted molar refractivity (Wildman–Crippen MR) is 211 cm³/mol. The molecule has 0 radical (unpaired) electrons. The van der Waals surface area contributed by atoms with Gasteiger partial charge in [0.2, 0.25) is 0 Å². The smallest absolute Gasteiger partial charge is 0.0512 e. The first-order valence-corrected chi connectivity index (χ1v) is 18.8. The SMILES string of the molecule is c1ccc(-c2nc(-c3ccccc3)nc(-n3c4ccccc4c4c5c6ccccc6n(-c6cccc7c6[se]c6ccccc67)c5ccc43)n2)cc1. The maximum Gasteiger partial charge on any atom is -0.0512 e. The Morgan fingerprint density at radius 3 is 1.53 bits per heavy atom. The van der Waals surface area contributed by atoms with Crippen molar-refractivity contribution in [2.45, 2.75) is 0 Å². The molecule has 0 N–H and O–H groups in total. The first-order valence-electron chi connectivity index (χ1n) is 17.0. The van der Waals surface area contributed by atoms with Gasteiger partial charge < -0.3 is 0 Å². The van der Waals surface area contributed by atoms with E-state index in [0.717, 1.165) is 22.2 Å². The molecule has 0 aliphatic heterocycles. The molecule has 0 aliphatic carbocycles. The van der Waals surface area contributed by atoms with E-state index >= 15 is 0 Å². The Bertz CT molecular complexity index is 3080. The zero-order chi connectivity index (χ0) is 33.5. The van der Waals surface area contributed by atoms with Crippen LogP contribution in [0.1, 0.15) is 0 Å². The van der Waals surface area contributed by atoms with E-state index in [1.807, 2.05) is 36.4 Å². The summed E-state index contributed by atoms with van der Waals surface area (Å²) in [5, 5.41) is 7.54. The minimum atomic E-state index is 0.214. The first-order chi connectivity index (χ1) is 25.3. The Morgan fingerprint density at radius 1 is 0.373 bits per heavy atom. The van der Waals surface area contributed by atoms with Crippen LogP contribution >= 0.6 is 0 Å². The van der Waals surface area contributed by atoms with E-state index in [4.69, 9.17) is 15.0 Å². The van der Waals surface area contributed by atoms with Crippen molar-refractivity contribution in [3.63, 3.8) is 0 Å². The Hall–Kier alpha value is -6.33. The van der Waals surface area contributed by atoms with Crippen molar-refractivity contribution < 1.29 is 0 Å². The van der Waals surface area contributed by atoms with Gasteiger partial charge in [-0.3, -0.25) is 0 Å². The summed E-state index contributed by atoms with van der Waals surface area (Å²) in [5.74, 6) is 1.88. The molecule has 5 nitrogen and oxygen atoms in total. The molecule has 0 atom stereocenters. The molecular weight excluding hydrogens is 689 g/mol. The zero-order valence-electron chi connectivity index (χ0n) is 27.2. The molecule has 0 aliphatic rings. The van der Waals surface area contributed by atoms with Crippen LogP contribution in [-0.2, 0) is 0 Å². The van der Waals surface area contributed by atoms with Gasteiger partial charge in [-0.05, 0) is 0 Å². The number of hydrogen-bond acceptors (Lipinski definition) is 3. The van der Waals surface area contributed by atoms with Crippen molar-refractivity contribution in [2.75, 3.05) is 0 Å². The standard InChI is InChI=1S/C45H27N5Se/c1-3-14-28(15-4-1)43-46-44(29-16-5-2-6-17-29)48-45(47-43)50-35-23-11-8-20-33(35)41-37(50)27-26-36-40(41)32-19-7-10-22-34(32)49(36)38-24-13-21-31-30-18-9-12-25-39(30)51-42(31)38/h1-27H. The minimum Gasteiger partial charge on any atom is -0.0615 e. The molecule has 0 bridgehead atoms. The Morgan fingerprint density at radius 2 is 0.882 bits per heavy atom. The summed E-state index contributed by atoms with van der Waals surface area (Å²) in [7, 11) is 0. The summed E-state index contributed by atoms with van der Waals surface area (Å²) >= 11 is 0.214. The van der Waals surface area contributed by atoms with Crippen molar-refractivity contribution in [3.8, 4) is 34.4 Å². The van der Waals surface area contributed by atoms with Gasteiger partial charge >= 0.3 is 239 Å². The van der Waals surface area contributed by atoms with Crippen LogP contribution in [0.5, 0.6) is 0 Å². The fourth-order valence-electron chi connectivity index (χ4n) is 7.80. The molecule has 0 fully saturated rings. The molecule has 0 saturated heterocycles. The van der Waals surface area contributed by atoms with Crippen LogP contribution < -0.4 is 0 Å². The van der Waals surface area contributed by atoms with Crippen molar-refractivity contribution in [1.29, 1.82) is 0 Å². The fraction of sp³-hybridized carbons (Fsp3) is 0. The number of aromatic nitrogens is 5. The molecule has 6 heteroatoms. The number of benzene rings is 7. The van der Waals surface area contributed by atoms with E-state index in [2.05, 4.69) is 137 Å². The van der Waals surface area contributed by atoms with Gasteiger partial charge in [0, 0.05) is 0 Å². The second-order valence-corrected chi connectivity index (χ2v) is 15.0. The van der Waals surface area contributed by atoms with Gasteiger partial charge in [-0.2, -0.15) is 0 Å². The van der Waals surface area contributed by atoms with Crippen LogP contribution in [0.25, 0.3) is 97.3 Å². The first kappa shape index (κ1) is 28.5. The third-order valence-corrected chi connectivity index (χ3v) is 12.5. The fourth-order valence-corrected chi connectivity index (χ4v) is 10.3. The Labute approximate surface area is 298 Å². The van der Waals surface area contributed by atoms with E-state index in [9.17, 15) is 0 Å². The summed E-state index contributed by atoms with van der Waals surface area (Å²) in [6.45, 7) is 0. The second-order valence-electron chi connectivity index (χ2n) is 12.8. The van der Waals surface area contributed by atoms with Gasteiger partial charge in [-0.25, -0.2) is 0 Å². The van der Waals surface area contributed by atoms with Gasteiger partial charge in [0.15, 0.2) is 0 Å². The van der Waals surface area contributed by atoms with Crippen LogP contribution in [0.15, 0.2) is 164 Å². The molecule has 0 saturated carbocycles. The largest absolute Gasteiger partial charge is 0.0615 e. The number of nitrogens with zero attached hydrogens (tertiary/aromatic N) is 5. The predicted octanol–water partition coefficient (Wildman–Crippen LogP) is 10.8. The third-order valence-electron chi connectivity index (χ3n) is 9.98. The van der Waals surface area contributed by atoms with Gasteiger partial charge in [0.1, 0.15) is 0 Å². The Kier molecular flexibility index (Phi) is 6.20. The third kappa shape index (κ3) is 4.24. The average molecular weight is 717 g/mol. The van der Waals surface area contributed by atoms with Crippen molar-refractivity contribution in [3.05, 3.63) is 164 Å². The molecular formula is C45H27N5Se. The van der Waals surface area contributed by atoms with Crippen LogP contribution in [0.4, 0.5) is 0 Å². The van der Waals surface area contributed by atoms with E-state index < -0.39 is 0 Å². The van der Waals surface area contributed by atoms with Crippen LogP contribution in [-0.4, -0.2) is 38.6 Å². The summed E-state index contributed by atoms with van der Waals surface area (Å²) in [6, 6.07) is 58.0. The summed E-state index contributed by atoms with van der Waals surface area (Å²) in [6.07, 6.45) is 0. The molecule has 11 rings (SSSR count). The van der Waals surface area contributed by atoms with Crippen LogP contribution in [0, 0.1) is 0 Å². The van der Waals surface area contributed by atoms with Crippen molar-refractivity contribution in [2.24, 2.45) is 0 Å². The summed E-state index contributed by atoms with van der Waals surface area (Å²) in [4.78, 5) is 15.3. The molecule has 4 heterocycles. The number of rotatable bonds is 4. The normalized spacial score (nSPS) is 11.9. The van der Waals surface area contributed by atoms with Crippen LogP contribution in [0.3, 0.4) is 0 Å². The number of fused-ring (bicyclic) bond motifs is 10. The molecule has 51 heavy (non-hydrogen) atoms. The van der Waals surface area contributed by atoms with E-state index in [1.165, 1.54) is 57.6 Å². The molecule has 0 unspecified atom stereocenters. The van der Waals surface area contributed by atoms with Gasteiger partial charge in [-0.1, -0.05) is 60.7 Å². The average Bonchev–Trinajstić information content (AvgIpc) is 3.86. The van der Waals surface area contributed by atoms with Gasteiger partial charge in [0.25, 0.3) is 0 Å². The van der Waals surface area contributed by atoms with Gasteiger partial charge in [-0.15, -0.1) is 0 Å². The van der Waals surface area contributed by atoms with E-state index in [-0.39, 0.29) is 14.5 Å². The summed E-state index contributed by atoms with van der Waals surface area (Å²) in [5.41, 5.74) is 7.67. The topological polar surface area (TPSA) is 48.5 Å². The quantitative estimate of drug-likeness (QED) is 0.170. The summed E-state index contributed by atoms with van der Waals surface area (Å²) < 4.78 is 7.59. The molecule has 238 valence electrons. The van der Waals surface area contributed by atoms with E-state index in [0.29, 0.717) is 17.6 Å². The molecule has 7 aromatic carbocycles. The molecule has 4 aromatic heterocycles. The molecule has 11 aromatic rings. The molecule has 0 amide bonds. The second kappa shape index (κ2) is 11.1. The maximum atomic E-state index is 5.16. The Balaban J connectivity index is 1.25. The zero-order valence-corrected chi connectivity index (χ0v) is 28.9. The van der Waals surface area contributed by atoms with E-state index in [1.54, 1.807) is 0 Å². The minimum absolute atomic E-state index is 0.214.